The zero-order valence-electron chi connectivity index (χ0n) is 12.0. The Kier molecular flexibility index (Phi) is 4.03. The zero-order valence-corrected chi connectivity index (χ0v) is 12.0. The SMILES string of the molecule is CCCOc1ccccc1C(=O)C1CN2CCN1CC2. The van der Waals surface area contributed by atoms with Gasteiger partial charge in [0.15, 0.2) is 5.78 Å². The molecule has 3 saturated heterocycles. The number of carbonyl (C=O) groups excluding carboxylic acids is 1. The van der Waals surface area contributed by atoms with Crippen molar-refractivity contribution in [3.63, 3.8) is 0 Å². The minimum Gasteiger partial charge on any atom is -0.493 e. The van der Waals surface area contributed by atoms with Gasteiger partial charge < -0.3 is 4.74 Å². The summed E-state index contributed by atoms with van der Waals surface area (Å²) in [5, 5.41) is 0. The van der Waals surface area contributed by atoms with Crippen LogP contribution >= 0.6 is 0 Å². The summed E-state index contributed by atoms with van der Waals surface area (Å²) < 4.78 is 5.73. The van der Waals surface area contributed by atoms with Gasteiger partial charge >= 0.3 is 0 Å². The second-order valence-corrected chi connectivity index (χ2v) is 5.56. The molecule has 3 heterocycles. The average molecular weight is 274 g/mol. The topological polar surface area (TPSA) is 32.8 Å². The normalized spacial score (nSPS) is 28.4. The van der Waals surface area contributed by atoms with Gasteiger partial charge in [-0.05, 0) is 18.6 Å². The molecule has 0 aliphatic carbocycles. The van der Waals surface area contributed by atoms with Crippen molar-refractivity contribution in [3.8, 4) is 5.75 Å². The molecule has 0 radical (unpaired) electrons. The Balaban J connectivity index is 1.80. The molecule has 108 valence electrons. The molecule has 0 spiro atoms. The Morgan fingerprint density at radius 2 is 2.00 bits per heavy atom. The third-order valence-corrected chi connectivity index (χ3v) is 4.20. The maximum Gasteiger partial charge on any atom is 0.184 e. The van der Waals surface area contributed by atoms with Crippen LogP contribution in [-0.2, 0) is 0 Å². The summed E-state index contributed by atoms with van der Waals surface area (Å²) in [6, 6.07) is 7.65. The van der Waals surface area contributed by atoms with Gasteiger partial charge in [0.05, 0.1) is 18.2 Å². The highest BCUT2D eigenvalue weighted by atomic mass is 16.5. The summed E-state index contributed by atoms with van der Waals surface area (Å²) in [6.07, 6.45) is 0.950. The molecule has 1 atom stereocenters. The van der Waals surface area contributed by atoms with E-state index in [9.17, 15) is 4.79 Å². The number of carbonyl (C=O) groups is 1. The molecule has 2 bridgehead atoms. The molecule has 4 heteroatoms. The van der Waals surface area contributed by atoms with Crippen LogP contribution in [0.25, 0.3) is 0 Å². The molecule has 0 aromatic heterocycles. The first kappa shape index (κ1) is 13.6. The van der Waals surface area contributed by atoms with Crippen molar-refractivity contribution < 1.29 is 9.53 Å². The number of ether oxygens (including phenoxy) is 1. The standard InChI is InChI=1S/C16H22N2O2/c1-2-11-20-15-6-4-3-5-13(15)16(19)14-12-17-7-9-18(14)10-8-17/h3-6,14H,2,7-12H2,1H3. The molecule has 1 aromatic rings. The predicted octanol–water partition coefficient (Wildman–Crippen LogP) is 1.66. The van der Waals surface area contributed by atoms with E-state index in [1.807, 2.05) is 24.3 Å². The van der Waals surface area contributed by atoms with E-state index in [0.717, 1.165) is 50.5 Å². The molecule has 1 aromatic carbocycles. The molecular formula is C16H22N2O2. The van der Waals surface area contributed by atoms with E-state index in [2.05, 4.69) is 16.7 Å². The number of hydrogen-bond acceptors (Lipinski definition) is 4. The van der Waals surface area contributed by atoms with Crippen LogP contribution in [0.3, 0.4) is 0 Å². The number of ketones is 1. The minimum atomic E-state index is 0.00359. The number of piperazine rings is 3. The zero-order chi connectivity index (χ0) is 13.9. The first-order valence-electron chi connectivity index (χ1n) is 7.52. The van der Waals surface area contributed by atoms with Crippen LogP contribution in [0.15, 0.2) is 24.3 Å². The second-order valence-electron chi connectivity index (χ2n) is 5.56. The van der Waals surface area contributed by atoms with Crippen molar-refractivity contribution >= 4 is 5.78 Å². The van der Waals surface area contributed by atoms with E-state index in [1.54, 1.807) is 0 Å². The Labute approximate surface area is 120 Å². The summed E-state index contributed by atoms with van der Waals surface area (Å²) in [5.74, 6) is 0.943. The van der Waals surface area contributed by atoms with Crippen molar-refractivity contribution in [3.05, 3.63) is 29.8 Å². The van der Waals surface area contributed by atoms with Gasteiger partial charge in [-0.25, -0.2) is 0 Å². The van der Waals surface area contributed by atoms with Crippen LogP contribution in [-0.4, -0.2) is 61.0 Å². The third-order valence-electron chi connectivity index (χ3n) is 4.20. The van der Waals surface area contributed by atoms with Crippen LogP contribution in [0.5, 0.6) is 5.75 Å². The molecule has 1 unspecified atom stereocenters. The lowest BCUT2D eigenvalue weighted by atomic mass is 9.97. The van der Waals surface area contributed by atoms with Crippen LogP contribution in [0.2, 0.25) is 0 Å². The molecule has 0 amide bonds. The molecule has 20 heavy (non-hydrogen) atoms. The first-order chi connectivity index (χ1) is 9.79. The summed E-state index contributed by atoms with van der Waals surface area (Å²) in [7, 11) is 0. The number of para-hydroxylation sites is 1. The average Bonchev–Trinajstić information content (AvgIpc) is 2.53. The molecule has 4 rings (SSSR count). The third kappa shape index (κ3) is 2.58. The Hall–Kier alpha value is -1.39. The summed E-state index contributed by atoms with van der Waals surface area (Å²) in [6.45, 7) is 7.80. The number of Topliss-reactive ketones (excluding diaryl/α,β-unsaturated/α-hetero) is 1. The van der Waals surface area contributed by atoms with Crippen LogP contribution in [0, 0.1) is 0 Å². The highest BCUT2D eigenvalue weighted by Gasteiger charge is 2.37. The van der Waals surface area contributed by atoms with Gasteiger partial charge in [0.1, 0.15) is 5.75 Å². The molecule has 3 aliphatic rings. The molecule has 4 nitrogen and oxygen atoms in total. The maximum absolute atomic E-state index is 12.8. The van der Waals surface area contributed by atoms with E-state index < -0.39 is 0 Å². The first-order valence-corrected chi connectivity index (χ1v) is 7.52. The van der Waals surface area contributed by atoms with E-state index >= 15 is 0 Å². The lowest BCUT2D eigenvalue weighted by Crippen LogP contribution is -2.63. The van der Waals surface area contributed by atoms with Crippen molar-refractivity contribution in [2.75, 3.05) is 39.3 Å². The van der Waals surface area contributed by atoms with Crippen LogP contribution in [0.1, 0.15) is 23.7 Å². The van der Waals surface area contributed by atoms with Gasteiger partial charge in [-0.15, -0.1) is 0 Å². The van der Waals surface area contributed by atoms with Gasteiger partial charge in [0, 0.05) is 32.7 Å². The van der Waals surface area contributed by atoms with Crippen molar-refractivity contribution in [2.24, 2.45) is 0 Å². The van der Waals surface area contributed by atoms with Crippen molar-refractivity contribution in [1.82, 2.24) is 9.80 Å². The Morgan fingerprint density at radius 1 is 1.25 bits per heavy atom. The van der Waals surface area contributed by atoms with Crippen LogP contribution < -0.4 is 4.74 Å². The number of benzene rings is 1. The van der Waals surface area contributed by atoms with E-state index in [4.69, 9.17) is 4.74 Å². The van der Waals surface area contributed by atoms with Gasteiger partial charge in [-0.3, -0.25) is 14.6 Å². The summed E-state index contributed by atoms with van der Waals surface area (Å²) in [4.78, 5) is 17.5. The molecule has 3 aliphatic heterocycles. The molecule has 0 saturated carbocycles. The minimum absolute atomic E-state index is 0.00359. The predicted molar refractivity (Wildman–Crippen MR) is 78.4 cm³/mol. The fraction of sp³-hybridized carbons (Fsp3) is 0.562. The lowest BCUT2D eigenvalue weighted by molar-refractivity contribution is 0.0157. The van der Waals surface area contributed by atoms with Gasteiger partial charge in [-0.2, -0.15) is 0 Å². The molecule has 0 N–H and O–H groups in total. The van der Waals surface area contributed by atoms with E-state index in [1.165, 1.54) is 0 Å². The number of nitrogens with zero attached hydrogens (tertiary/aromatic N) is 2. The fourth-order valence-corrected chi connectivity index (χ4v) is 3.05. The highest BCUT2D eigenvalue weighted by Crippen LogP contribution is 2.25. The van der Waals surface area contributed by atoms with Gasteiger partial charge in [-0.1, -0.05) is 19.1 Å². The van der Waals surface area contributed by atoms with E-state index in [0.29, 0.717) is 6.61 Å². The van der Waals surface area contributed by atoms with Crippen LogP contribution in [0.4, 0.5) is 0 Å². The molecular weight excluding hydrogens is 252 g/mol. The quantitative estimate of drug-likeness (QED) is 0.765. The number of fused-ring (bicyclic) bond motifs is 3. The van der Waals surface area contributed by atoms with Crippen molar-refractivity contribution in [1.29, 1.82) is 0 Å². The highest BCUT2D eigenvalue weighted by molar-refractivity contribution is 6.02. The fourth-order valence-electron chi connectivity index (χ4n) is 3.05. The van der Waals surface area contributed by atoms with Gasteiger partial charge in [0.25, 0.3) is 0 Å². The van der Waals surface area contributed by atoms with E-state index in [-0.39, 0.29) is 11.8 Å². The monoisotopic (exact) mass is 274 g/mol. The number of hydrogen-bond donors (Lipinski definition) is 0. The number of rotatable bonds is 5. The lowest BCUT2D eigenvalue weighted by Gasteiger charge is -2.46. The summed E-state index contributed by atoms with van der Waals surface area (Å²) >= 11 is 0. The van der Waals surface area contributed by atoms with Crippen molar-refractivity contribution in [2.45, 2.75) is 19.4 Å². The smallest absolute Gasteiger partial charge is 0.184 e. The molecule has 3 fully saturated rings. The Bertz CT molecular complexity index is 481. The van der Waals surface area contributed by atoms with Gasteiger partial charge in [0.2, 0.25) is 0 Å². The maximum atomic E-state index is 12.8. The second kappa shape index (κ2) is 5.94. The summed E-state index contributed by atoms with van der Waals surface area (Å²) in [5.41, 5.74) is 0.736. The largest absolute Gasteiger partial charge is 0.493 e. The Morgan fingerprint density at radius 3 is 2.65 bits per heavy atom.